The van der Waals surface area contributed by atoms with Gasteiger partial charge in [0.05, 0.1) is 4.91 Å². The molecule has 3 aromatic rings. The SMILES string of the molecule is CCN1C(=O)/C(=C\c2cn(CC(=O)Nc3ccc4c(c3)OCO4)c3ccccc23)SC1=S. The molecule has 2 amide bonds. The van der Waals surface area contributed by atoms with Crippen LogP contribution in [-0.2, 0) is 16.1 Å². The van der Waals surface area contributed by atoms with Crippen LogP contribution in [-0.4, -0.2) is 38.9 Å². The van der Waals surface area contributed by atoms with Crippen LogP contribution in [0, 0.1) is 0 Å². The van der Waals surface area contributed by atoms with Crippen LogP contribution in [0.25, 0.3) is 17.0 Å². The number of nitrogens with one attached hydrogen (secondary N) is 1. The lowest BCUT2D eigenvalue weighted by atomic mass is 10.1. The summed E-state index contributed by atoms with van der Waals surface area (Å²) < 4.78 is 13.1. The van der Waals surface area contributed by atoms with Crippen molar-refractivity contribution in [1.29, 1.82) is 0 Å². The lowest BCUT2D eigenvalue weighted by molar-refractivity contribution is -0.122. The number of amides is 2. The van der Waals surface area contributed by atoms with Crippen LogP contribution in [0.15, 0.2) is 53.6 Å². The molecule has 162 valence electrons. The number of likely N-dealkylation sites (N-methyl/N-ethyl adjacent to an activating group) is 1. The lowest BCUT2D eigenvalue weighted by Gasteiger charge is -2.09. The van der Waals surface area contributed by atoms with Gasteiger partial charge in [-0.15, -0.1) is 0 Å². The molecule has 3 heterocycles. The Bertz CT molecular complexity index is 1300. The van der Waals surface area contributed by atoms with Crippen LogP contribution in [0.2, 0.25) is 0 Å². The Morgan fingerprint density at radius 1 is 1.22 bits per heavy atom. The average Bonchev–Trinajstić information content (AvgIpc) is 3.45. The summed E-state index contributed by atoms with van der Waals surface area (Å²) in [5.74, 6) is 1.02. The molecule has 1 aromatic heterocycles. The molecular weight excluding hydrogens is 446 g/mol. The number of carbonyl (C=O) groups is 2. The molecular formula is C23H19N3O4S2. The summed E-state index contributed by atoms with van der Waals surface area (Å²) in [6, 6.07) is 13.1. The number of ether oxygens (including phenoxy) is 2. The number of aromatic nitrogens is 1. The summed E-state index contributed by atoms with van der Waals surface area (Å²) in [5, 5.41) is 3.86. The molecule has 1 fully saturated rings. The maximum atomic E-state index is 12.8. The maximum absolute atomic E-state index is 12.8. The number of benzene rings is 2. The largest absolute Gasteiger partial charge is 0.454 e. The Labute approximate surface area is 194 Å². The van der Waals surface area contributed by atoms with Crippen molar-refractivity contribution in [3.8, 4) is 11.5 Å². The summed E-state index contributed by atoms with van der Waals surface area (Å²) in [6.45, 7) is 2.75. The predicted molar refractivity (Wildman–Crippen MR) is 129 cm³/mol. The number of rotatable bonds is 5. The van der Waals surface area contributed by atoms with Gasteiger partial charge in [0, 0.05) is 41.0 Å². The molecule has 1 saturated heterocycles. The van der Waals surface area contributed by atoms with E-state index >= 15 is 0 Å². The molecule has 0 bridgehead atoms. The molecule has 0 spiro atoms. The first kappa shape index (κ1) is 20.6. The quantitative estimate of drug-likeness (QED) is 0.449. The molecule has 0 radical (unpaired) electrons. The number of hydrogen-bond acceptors (Lipinski definition) is 6. The standard InChI is InChI=1S/C23H19N3O4S2/c1-2-26-22(28)20(32-23(26)31)9-14-11-25(17-6-4-3-5-16(14)17)12-21(27)24-15-7-8-18-19(10-15)30-13-29-18/h3-11H,2,12-13H2,1H3,(H,24,27)/b20-9+. The van der Waals surface area contributed by atoms with Gasteiger partial charge in [-0.05, 0) is 31.2 Å². The van der Waals surface area contributed by atoms with E-state index in [-0.39, 0.29) is 25.2 Å². The van der Waals surface area contributed by atoms with Crippen molar-refractivity contribution in [2.75, 3.05) is 18.7 Å². The number of hydrogen-bond donors (Lipinski definition) is 1. The zero-order valence-electron chi connectivity index (χ0n) is 17.2. The smallest absolute Gasteiger partial charge is 0.266 e. The molecule has 7 nitrogen and oxygen atoms in total. The van der Waals surface area contributed by atoms with E-state index in [1.54, 1.807) is 23.1 Å². The Balaban J connectivity index is 1.40. The highest BCUT2D eigenvalue weighted by Crippen LogP contribution is 2.35. The molecule has 0 unspecified atom stereocenters. The zero-order valence-corrected chi connectivity index (χ0v) is 18.8. The number of nitrogens with zero attached hydrogens (tertiary/aromatic N) is 2. The summed E-state index contributed by atoms with van der Waals surface area (Å²) in [5.41, 5.74) is 2.41. The molecule has 0 aliphatic carbocycles. The second-order valence-corrected chi connectivity index (χ2v) is 8.95. The van der Waals surface area contributed by atoms with Gasteiger partial charge in [0.2, 0.25) is 12.7 Å². The lowest BCUT2D eigenvalue weighted by Crippen LogP contribution is -2.27. The Kier molecular flexibility index (Phi) is 5.36. The van der Waals surface area contributed by atoms with Crippen molar-refractivity contribution in [2.45, 2.75) is 13.5 Å². The van der Waals surface area contributed by atoms with Gasteiger partial charge in [-0.2, -0.15) is 0 Å². The third-order valence-electron chi connectivity index (χ3n) is 5.27. The van der Waals surface area contributed by atoms with E-state index < -0.39 is 0 Å². The zero-order chi connectivity index (χ0) is 22.2. The van der Waals surface area contributed by atoms with E-state index in [9.17, 15) is 9.59 Å². The van der Waals surface area contributed by atoms with E-state index in [0.29, 0.717) is 33.0 Å². The minimum absolute atomic E-state index is 0.0834. The first-order valence-electron chi connectivity index (χ1n) is 10.1. The van der Waals surface area contributed by atoms with E-state index in [2.05, 4.69) is 5.32 Å². The van der Waals surface area contributed by atoms with Crippen LogP contribution in [0.4, 0.5) is 5.69 Å². The normalized spacial score (nSPS) is 16.4. The maximum Gasteiger partial charge on any atom is 0.266 e. The molecule has 0 saturated carbocycles. The van der Waals surface area contributed by atoms with Crippen LogP contribution in [0.1, 0.15) is 12.5 Å². The Morgan fingerprint density at radius 3 is 2.84 bits per heavy atom. The number of thiocarbonyl (C=S) groups is 1. The monoisotopic (exact) mass is 465 g/mol. The highest BCUT2D eigenvalue weighted by Gasteiger charge is 2.30. The molecule has 5 rings (SSSR count). The number of anilines is 1. The summed E-state index contributed by atoms with van der Waals surface area (Å²) in [7, 11) is 0. The van der Waals surface area contributed by atoms with Crippen LogP contribution < -0.4 is 14.8 Å². The van der Waals surface area contributed by atoms with Gasteiger partial charge < -0.3 is 19.4 Å². The fourth-order valence-electron chi connectivity index (χ4n) is 3.76. The fraction of sp³-hybridized carbons (Fsp3) is 0.174. The van der Waals surface area contributed by atoms with Crippen LogP contribution >= 0.6 is 24.0 Å². The van der Waals surface area contributed by atoms with E-state index in [0.717, 1.165) is 16.5 Å². The number of fused-ring (bicyclic) bond motifs is 2. The highest BCUT2D eigenvalue weighted by molar-refractivity contribution is 8.26. The summed E-state index contributed by atoms with van der Waals surface area (Å²) in [6.07, 6.45) is 3.74. The fourth-order valence-corrected chi connectivity index (χ4v) is 5.14. The number of carbonyl (C=O) groups excluding carboxylic acids is 2. The third kappa shape index (κ3) is 3.74. The summed E-state index contributed by atoms with van der Waals surface area (Å²) in [4.78, 5) is 27.5. The van der Waals surface area contributed by atoms with Gasteiger partial charge in [-0.1, -0.05) is 42.2 Å². The van der Waals surface area contributed by atoms with Gasteiger partial charge in [-0.25, -0.2) is 0 Å². The topological polar surface area (TPSA) is 72.8 Å². The molecule has 32 heavy (non-hydrogen) atoms. The van der Waals surface area contributed by atoms with E-state index in [4.69, 9.17) is 21.7 Å². The van der Waals surface area contributed by atoms with Crippen molar-refractivity contribution >= 4 is 62.8 Å². The first-order chi connectivity index (χ1) is 15.5. The second kappa shape index (κ2) is 8.33. The first-order valence-corrected chi connectivity index (χ1v) is 11.3. The minimum atomic E-state index is -0.173. The van der Waals surface area contributed by atoms with Crippen molar-refractivity contribution in [3.63, 3.8) is 0 Å². The van der Waals surface area contributed by atoms with Gasteiger partial charge in [0.25, 0.3) is 5.91 Å². The van der Waals surface area contributed by atoms with E-state index in [1.165, 1.54) is 11.8 Å². The third-order valence-corrected chi connectivity index (χ3v) is 6.64. The van der Waals surface area contributed by atoms with Gasteiger partial charge in [-0.3, -0.25) is 14.5 Å². The summed E-state index contributed by atoms with van der Waals surface area (Å²) >= 11 is 6.62. The minimum Gasteiger partial charge on any atom is -0.454 e. The molecule has 9 heteroatoms. The Hall–Kier alpha value is -3.30. The number of para-hydroxylation sites is 1. The van der Waals surface area contributed by atoms with Crippen molar-refractivity contribution < 1.29 is 19.1 Å². The second-order valence-electron chi connectivity index (χ2n) is 7.27. The highest BCUT2D eigenvalue weighted by atomic mass is 32.2. The molecule has 2 aliphatic rings. The number of thioether (sulfide) groups is 1. The van der Waals surface area contributed by atoms with Crippen molar-refractivity contribution in [3.05, 3.63) is 59.1 Å². The van der Waals surface area contributed by atoms with Crippen LogP contribution in [0.5, 0.6) is 11.5 Å². The van der Waals surface area contributed by atoms with Gasteiger partial charge in [0.15, 0.2) is 11.5 Å². The van der Waals surface area contributed by atoms with Crippen molar-refractivity contribution in [1.82, 2.24) is 9.47 Å². The Morgan fingerprint density at radius 2 is 2.03 bits per heavy atom. The van der Waals surface area contributed by atoms with Gasteiger partial charge in [0.1, 0.15) is 10.9 Å². The average molecular weight is 466 g/mol. The molecule has 2 aliphatic heterocycles. The predicted octanol–water partition coefficient (Wildman–Crippen LogP) is 4.23. The molecule has 1 N–H and O–H groups in total. The van der Waals surface area contributed by atoms with Crippen LogP contribution in [0.3, 0.4) is 0 Å². The van der Waals surface area contributed by atoms with E-state index in [1.807, 2.05) is 48.0 Å². The van der Waals surface area contributed by atoms with Crippen molar-refractivity contribution in [2.24, 2.45) is 0 Å². The van der Waals surface area contributed by atoms with Gasteiger partial charge >= 0.3 is 0 Å². The molecule has 0 atom stereocenters. The molecule has 2 aromatic carbocycles.